The monoisotopic (exact) mass is 244 g/mol. The van der Waals surface area contributed by atoms with Crippen molar-refractivity contribution in [2.75, 3.05) is 0 Å². The lowest BCUT2D eigenvalue weighted by Gasteiger charge is -2.02. The van der Waals surface area contributed by atoms with Gasteiger partial charge in [-0.3, -0.25) is 4.55 Å². The molecule has 0 radical (unpaired) electrons. The van der Waals surface area contributed by atoms with Gasteiger partial charge in [-0.2, -0.15) is 8.42 Å². The normalized spacial score (nSPS) is 11.8. The van der Waals surface area contributed by atoms with E-state index in [4.69, 9.17) is 4.55 Å². The number of thiophene rings is 1. The van der Waals surface area contributed by atoms with E-state index in [0.717, 1.165) is 15.2 Å². The SMILES string of the molecule is O=S(=O)(O)n1cncc1Cc1cccs1. The van der Waals surface area contributed by atoms with E-state index in [1.165, 1.54) is 17.5 Å². The Balaban J connectivity index is 2.35. The molecule has 2 aromatic rings. The van der Waals surface area contributed by atoms with Crippen molar-refractivity contribution < 1.29 is 13.0 Å². The second-order valence-electron chi connectivity index (χ2n) is 2.91. The largest absolute Gasteiger partial charge is 0.364 e. The minimum Gasteiger partial charge on any atom is -0.269 e. The maximum absolute atomic E-state index is 10.9. The first-order chi connectivity index (χ1) is 7.07. The molecule has 0 fully saturated rings. The highest BCUT2D eigenvalue weighted by atomic mass is 32.2. The maximum Gasteiger partial charge on any atom is 0.364 e. The summed E-state index contributed by atoms with van der Waals surface area (Å²) in [6, 6.07) is 3.78. The summed E-state index contributed by atoms with van der Waals surface area (Å²) in [6.07, 6.45) is 2.95. The summed E-state index contributed by atoms with van der Waals surface area (Å²) in [4.78, 5) is 4.71. The topological polar surface area (TPSA) is 72.2 Å². The Hall–Kier alpha value is -1.18. The lowest BCUT2D eigenvalue weighted by atomic mass is 10.3. The molecule has 0 saturated heterocycles. The molecule has 0 aliphatic carbocycles. The summed E-state index contributed by atoms with van der Waals surface area (Å²) in [5.74, 6) is 0. The van der Waals surface area contributed by atoms with Gasteiger partial charge in [-0.15, -0.1) is 11.3 Å². The van der Waals surface area contributed by atoms with E-state index >= 15 is 0 Å². The molecular formula is C8H8N2O3S2. The Kier molecular flexibility index (Phi) is 2.59. The third-order valence-electron chi connectivity index (χ3n) is 1.86. The zero-order valence-corrected chi connectivity index (χ0v) is 9.20. The average molecular weight is 244 g/mol. The van der Waals surface area contributed by atoms with Gasteiger partial charge in [0.1, 0.15) is 6.33 Å². The standard InChI is InChI=1S/C8H8N2O3S2/c11-15(12,13)10-6-9-5-7(10)4-8-2-1-3-14-8/h1-3,5-6H,4H2,(H,11,12,13). The molecule has 0 aliphatic heterocycles. The van der Waals surface area contributed by atoms with Gasteiger partial charge in [0.2, 0.25) is 0 Å². The van der Waals surface area contributed by atoms with Crippen LogP contribution in [0.3, 0.4) is 0 Å². The molecule has 0 saturated carbocycles. The van der Waals surface area contributed by atoms with Gasteiger partial charge in [0.25, 0.3) is 0 Å². The first-order valence-corrected chi connectivity index (χ1v) is 6.36. The first-order valence-electron chi connectivity index (χ1n) is 4.09. The molecule has 0 atom stereocenters. The highest BCUT2D eigenvalue weighted by Crippen LogP contribution is 2.15. The summed E-state index contributed by atoms with van der Waals surface area (Å²) in [6.45, 7) is 0. The molecule has 2 heterocycles. The van der Waals surface area contributed by atoms with Crippen molar-refractivity contribution in [2.45, 2.75) is 6.42 Å². The van der Waals surface area contributed by atoms with Gasteiger partial charge in [-0.25, -0.2) is 8.96 Å². The van der Waals surface area contributed by atoms with Crippen molar-refractivity contribution in [1.29, 1.82) is 0 Å². The van der Waals surface area contributed by atoms with Gasteiger partial charge in [0.05, 0.1) is 5.69 Å². The van der Waals surface area contributed by atoms with Gasteiger partial charge < -0.3 is 0 Å². The van der Waals surface area contributed by atoms with Crippen LogP contribution in [0.5, 0.6) is 0 Å². The summed E-state index contributed by atoms with van der Waals surface area (Å²) < 4.78 is 31.5. The van der Waals surface area contributed by atoms with E-state index in [-0.39, 0.29) is 0 Å². The zero-order valence-electron chi connectivity index (χ0n) is 7.57. The van der Waals surface area contributed by atoms with Crippen LogP contribution in [-0.4, -0.2) is 21.9 Å². The fourth-order valence-corrected chi connectivity index (χ4v) is 2.54. The molecule has 0 unspecified atom stereocenters. The molecular weight excluding hydrogens is 236 g/mol. The minimum atomic E-state index is -4.23. The molecule has 1 N–H and O–H groups in total. The third-order valence-corrected chi connectivity index (χ3v) is 3.56. The number of rotatable bonds is 3. The highest BCUT2D eigenvalue weighted by molar-refractivity contribution is 7.84. The van der Waals surface area contributed by atoms with Crippen molar-refractivity contribution in [3.05, 3.63) is 40.6 Å². The Bertz CT molecular complexity index is 542. The van der Waals surface area contributed by atoms with Gasteiger partial charge >= 0.3 is 10.3 Å². The van der Waals surface area contributed by atoms with Gasteiger partial charge in [0.15, 0.2) is 0 Å². The lowest BCUT2D eigenvalue weighted by Crippen LogP contribution is -2.12. The zero-order chi connectivity index (χ0) is 10.9. The summed E-state index contributed by atoms with van der Waals surface area (Å²) in [7, 11) is -4.23. The number of imidazole rings is 1. The van der Waals surface area contributed by atoms with Crippen molar-refractivity contribution in [2.24, 2.45) is 0 Å². The fourth-order valence-electron chi connectivity index (χ4n) is 1.23. The minimum absolute atomic E-state index is 0.442. The Morgan fingerprint density at radius 2 is 2.33 bits per heavy atom. The number of hydrogen-bond donors (Lipinski definition) is 1. The molecule has 15 heavy (non-hydrogen) atoms. The van der Waals surface area contributed by atoms with Crippen LogP contribution in [-0.2, 0) is 16.7 Å². The van der Waals surface area contributed by atoms with Crippen LogP contribution >= 0.6 is 11.3 Å². The van der Waals surface area contributed by atoms with E-state index in [1.807, 2.05) is 17.5 Å². The predicted octanol–water partition coefficient (Wildman–Crippen LogP) is 1.19. The van der Waals surface area contributed by atoms with E-state index in [2.05, 4.69) is 4.98 Å². The molecule has 0 bridgehead atoms. The van der Waals surface area contributed by atoms with Crippen LogP contribution in [0.2, 0.25) is 0 Å². The van der Waals surface area contributed by atoms with Crippen molar-refractivity contribution >= 4 is 21.6 Å². The van der Waals surface area contributed by atoms with Crippen molar-refractivity contribution in [3.63, 3.8) is 0 Å². The van der Waals surface area contributed by atoms with Crippen molar-refractivity contribution in [1.82, 2.24) is 8.96 Å². The smallest absolute Gasteiger partial charge is 0.269 e. The molecule has 0 spiro atoms. The average Bonchev–Trinajstić information content (AvgIpc) is 2.73. The molecule has 0 aromatic carbocycles. The second-order valence-corrected chi connectivity index (χ2v) is 5.24. The summed E-state index contributed by atoms with van der Waals surface area (Å²) >= 11 is 1.52. The van der Waals surface area contributed by atoms with Crippen LogP contribution in [0.15, 0.2) is 30.0 Å². The summed E-state index contributed by atoms with van der Waals surface area (Å²) in [5.41, 5.74) is 0.444. The van der Waals surface area contributed by atoms with Gasteiger partial charge in [-0.05, 0) is 11.4 Å². The van der Waals surface area contributed by atoms with E-state index in [1.54, 1.807) is 0 Å². The molecule has 2 aromatic heterocycles. The Labute approximate surface area is 90.9 Å². The lowest BCUT2D eigenvalue weighted by molar-refractivity contribution is 0.471. The van der Waals surface area contributed by atoms with Crippen LogP contribution in [0, 0.1) is 0 Å². The molecule has 2 rings (SSSR count). The van der Waals surface area contributed by atoms with E-state index in [9.17, 15) is 8.42 Å². The third kappa shape index (κ3) is 2.25. The quantitative estimate of drug-likeness (QED) is 0.823. The van der Waals surface area contributed by atoms with E-state index in [0.29, 0.717) is 12.1 Å². The highest BCUT2D eigenvalue weighted by Gasteiger charge is 2.13. The summed E-state index contributed by atoms with van der Waals surface area (Å²) in [5, 5.41) is 1.91. The van der Waals surface area contributed by atoms with Crippen LogP contribution < -0.4 is 0 Å². The first kappa shape index (κ1) is 10.3. The van der Waals surface area contributed by atoms with Crippen LogP contribution in [0.25, 0.3) is 0 Å². The number of nitrogens with zero attached hydrogens (tertiary/aromatic N) is 2. The van der Waals surface area contributed by atoms with E-state index < -0.39 is 10.3 Å². The molecule has 80 valence electrons. The maximum atomic E-state index is 10.9. The van der Waals surface area contributed by atoms with Crippen LogP contribution in [0.1, 0.15) is 10.6 Å². The second kappa shape index (κ2) is 3.76. The molecule has 0 aliphatic rings. The van der Waals surface area contributed by atoms with Gasteiger partial charge in [0, 0.05) is 17.5 Å². The Morgan fingerprint density at radius 3 is 2.93 bits per heavy atom. The molecule has 7 heteroatoms. The fraction of sp³-hybridized carbons (Fsp3) is 0.125. The number of hydrogen-bond acceptors (Lipinski definition) is 4. The Morgan fingerprint density at radius 1 is 1.53 bits per heavy atom. The van der Waals surface area contributed by atoms with Gasteiger partial charge in [-0.1, -0.05) is 6.07 Å². The molecule has 5 nitrogen and oxygen atoms in total. The van der Waals surface area contributed by atoms with Crippen LogP contribution in [0.4, 0.5) is 0 Å². The predicted molar refractivity (Wildman–Crippen MR) is 56.3 cm³/mol. The number of aromatic nitrogens is 2. The molecule has 0 amide bonds. The van der Waals surface area contributed by atoms with Crippen molar-refractivity contribution in [3.8, 4) is 0 Å².